The summed E-state index contributed by atoms with van der Waals surface area (Å²) in [7, 11) is -6.14. The molecule has 0 radical (unpaired) electrons. The minimum Gasteiger partial charge on any atom is -0.434 e. The fraction of sp³-hybridized carbons (Fsp3) is 0.619. The lowest BCUT2D eigenvalue weighted by Gasteiger charge is -2.36. The predicted molar refractivity (Wildman–Crippen MR) is 132 cm³/mol. The van der Waals surface area contributed by atoms with Crippen LogP contribution >= 0.6 is 0 Å². The molecule has 1 aliphatic rings. The summed E-state index contributed by atoms with van der Waals surface area (Å²) in [6.45, 7) is 23.8. The molecule has 0 spiro atoms. The molecular formula is C21H39BO4Si3. The third-order valence-corrected chi connectivity index (χ3v) is 14.0. The van der Waals surface area contributed by atoms with Crippen LogP contribution in [-0.4, -0.2) is 43.5 Å². The molecule has 29 heavy (non-hydrogen) atoms. The normalized spacial score (nSPS) is 19.9. The molecular weight excluding hydrogens is 411 g/mol. The molecule has 0 bridgehead atoms. The highest BCUT2D eigenvalue weighted by molar-refractivity contribution is 6.90. The van der Waals surface area contributed by atoms with Gasteiger partial charge in [0.05, 0.1) is 11.2 Å². The van der Waals surface area contributed by atoms with Crippen molar-refractivity contribution in [3.05, 3.63) is 35.5 Å². The molecule has 1 aromatic carbocycles. The standard InChI is InChI=1S/C21H39BO4Si3/c1-20(2)21(3,4)24-22(23-20)19-14-12-18(13-15-19)16-17-29(11,25-27(5,6)7)26-28(8,9)10/h12-17H,1-11H3/b17-16+. The Kier molecular flexibility index (Phi) is 7.02. The summed E-state index contributed by atoms with van der Waals surface area (Å²) >= 11 is 0. The topological polar surface area (TPSA) is 36.9 Å². The van der Waals surface area contributed by atoms with Crippen LogP contribution in [0.1, 0.15) is 33.3 Å². The summed E-state index contributed by atoms with van der Waals surface area (Å²) < 4.78 is 25.4. The Balaban J connectivity index is 2.17. The van der Waals surface area contributed by atoms with Gasteiger partial charge in [0, 0.05) is 0 Å². The van der Waals surface area contributed by atoms with Gasteiger partial charge < -0.3 is 17.5 Å². The van der Waals surface area contributed by atoms with E-state index in [0.29, 0.717) is 0 Å². The highest BCUT2D eigenvalue weighted by Crippen LogP contribution is 2.36. The van der Waals surface area contributed by atoms with E-state index in [-0.39, 0.29) is 18.3 Å². The fourth-order valence-electron chi connectivity index (χ4n) is 3.30. The van der Waals surface area contributed by atoms with E-state index >= 15 is 0 Å². The van der Waals surface area contributed by atoms with Crippen molar-refractivity contribution < 1.29 is 17.5 Å². The van der Waals surface area contributed by atoms with Gasteiger partial charge in [-0.2, -0.15) is 0 Å². The van der Waals surface area contributed by atoms with Crippen LogP contribution < -0.4 is 5.46 Å². The van der Waals surface area contributed by atoms with Gasteiger partial charge in [-0.1, -0.05) is 30.3 Å². The smallest absolute Gasteiger partial charge is 0.434 e. The van der Waals surface area contributed by atoms with Gasteiger partial charge >= 0.3 is 15.7 Å². The fourth-order valence-corrected chi connectivity index (χ4v) is 14.6. The second kappa shape index (κ2) is 8.22. The number of hydrogen-bond donors (Lipinski definition) is 0. The van der Waals surface area contributed by atoms with E-state index in [1.807, 2.05) is 0 Å². The lowest BCUT2D eigenvalue weighted by atomic mass is 9.79. The number of benzene rings is 1. The summed E-state index contributed by atoms with van der Waals surface area (Å²) in [6.07, 6.45) is 2.14. The lowest BCUT2D eigenvalue weighted by molar-refractivity contribution is 0.00578. The van der Waals surface area contributed by atoms with Gasteiger partial charge in [0.25, 0.3) is 0 Å². The van der Waals surface area contributed by atoms with E-state index in [9.17, 15) is 0 Å². The molecule has 4 nitrogen and oxygen atoms in total. The lowest BCUT2D eigenvalue weighted by Crippen LogP contribution is -2.51. The van der Waals surface area contributed by atoms with Crippen molar-refractivity contribution in [3.63, 3.8) is 0 Å². The highest BCUT2D eigenvalue weighted by Gasteiger charge is 2.51. The molecule has 2 rings (SSSR count). The van der Waals surface area contributed by atoms with Gasteiger partial charge in [-0.15, -0.1) is 0 Å². The van der Waals surface area contributed by atoms with Crippen LogP contribution in [0.25, 0.3) is 6.08 Å². The van der Waals surface area contributed by atoms with Crippen molar-refractivity contribution in [1.82, 2.24) is 0 Å². The monoisotopic (exact) mass is 450 g/mol. The summed E-state index contributed by atoms with van der Waals surface area (Å²) in [5.74, 6) is 0. The van der Waals surface area contributed by atoms with Crippen molar-refractivity contribution >= 4 is 43.9 Å². The largest absolute Gasteiger partial charge is 0.494 e. The number of hydrogen-bond acceptors (Lipinski definition) is 4. The van der Waals surface area contributed by atoms with Gasteiger partial charge in [-0.25, -0.2) is 0 Å². The van der Waals surface area contributed by atoms with Crippen LogP contribution in [-0.2, 0) is 17.5 Å². The van der Waals surface area contributed by atoms with Crippen LogP contribution in [0.15, 0.2) is 30.0 Å². The maximum absolute atomic E-state index is 6.54. The molecule has 0 aliphatic carbocycles. The molecule has 1 heterocycles. The summed E-state index contributed by atoms with van der Waals surface area (Å²) in [5.41, 5.74) is 3.70. The van der Waals surface area contributed by atoms with E-state index in [1.54, 1.807) is 0 Å². The minimum absolute atomic E-state index is 0.327. The van der Waals surface area contributed by atoms with Gasteiger partial charge in [0.2, 0.25) is 0 Å². The SMILES string of the molecule is CC1(C)OB(c2ccc(/C=C/[Si](C)(O[Si](C)(C)C)O[Si](C)(C)C)cc2)OC1(C)C. The molecule has 0 amide bonds. The van der Waals surface area contributed by atoms with Crippen LogP contribution in [0.4, 0.5) is 0 Å². The van der Waals surface area contributed by atoms with Gasteiger partial charge in [0.15, 0.2) is 16.6 Å². The average molecular weight is 451 g/mol. The Bertz CT molecular complexity index is 702. The number of rotatable bonds is 7. The first-order valence-electron chi connectivity index (χ1n) is 10.5. The second-order valence-corrected chi connectivity index (χ2v) is 23.5. The summed E-state index contributed by atoms with van der Waals surface area (Å²) in [4.78, 5) is 0. The molecule has 1 aliphatic heterocycles. The minimum atomic E-state index is -2.39. The van der Waals surface area contributed by atoms with Gasteiger partial charge in [0.1, 0.15) is 0 Å². The predicted octanol–water partition coefficient (Wildman–Crippen LogP) is 5.31. The molecule has 0 N–H and O–H groups in total. The van der Waals surface area contributed by atoms with Crippen molar-refractivity contribution in [2.45, 2.75) is 84.7 Å². The Hall–Kier alpha value is -0.484. The maximum Gasteiger partial charge on any atom is 0.494 e. The first-order chi connectivity index (χ1) is 12.9. The average Bonchev–Trinajstić information content (AvgIpc) is 2.70. The van der Waals surface area contributed by atoms with Crippen LogP contribution in [0.2, 0.25) is 45.8 Å². The van der Waals surface area contributed by atoms with Crippen molar-refractivity contribution in [3.8, 4) is 0 Å². The first kappa shape index (κ1) is 24.8. The first-order valence-corrected chi connectivity index (χ1v) is 19.7. The third kappa shape index (κ3) is 7.02. The Morgan fingerprint density at radius 2 is 1.17 bits per heavy atom. The quantitative estimate of drug-likeness (QED) is 0.528. The van der Waals surface area contributed by atoms with E-state index in [4.69, 9.17) is 17.5 Å². The highest BCUT2D eigenvalue weighted by atomic mass is 28.5. The molecule has 0 saturated carbocycles. The molecule has 162 valence electrons. The van der Waals surface area contributed by atoms with Crippen LogP contribution in [0, 0.1) is 0 Å². The Morgan fingerprint density at radius 3 is 1.55 bits per heavy atom. The molecule has 0 atom stereocenters. The van der Waals surface area contributed by atoms with Crippen molar-refractivity contribution in [2.75, 3.05) is 0 Å². The van der Waals surface area contributed by atoms with Gasteiger partial charge in [-0.3, -0.25) is 0 Å². The zero-order valence-corrected chi connectivity index (χ0v) is 23.2. The summed E-state index contributed by atoms with van der Waals surface area (Å²) in [6, 6.07) is 8.38. The third-order valence-electron chi connectivity index (χ3n) is 5.06. The molecule has 1 saturated heterocycles. The van der Waals surface area contributed by atoms with Gasteiger partial charge in [-0.05, 0) is 90.2 Å². The summed E-state index contributed by atoms with van der Waals surface area (Å²) in [5, 5.41) is 0. The molecule has 0 unspecified atom stereocenters. The van der Waals surface area contributed by atoms with E-state index < -0.39 is 25.2 Å². The Labute approximate surface area is 181 Å². The molecule has 8 heteroatoms. The maximum atomic E-state index is 6.54. The van der Waals surface area contributed by atoms with E-state index in [2.05, 4.69) is 110 Å². The van der Waals surface area contributed by atoms with Crippen LogP contribution in [0.5, 0.6) is 0 Å². The Morgan fingerprint density at radius 1 is 0.759 bits per heavy atom. The second-order valence-electron chi connectivity index (χ2n) is 11.0. The molecule has 1 aromatic rings. The van der Waals surface area contributed by atoms with E-state index in [1.165, 1.54) is 0 Å². The van der Waals surface area contributed by atoms with Crippen LogP contribution in [0.3, 0.4) is 0 Å². The van der Waals surface area contributed by atoms with Crippen molar-refractivity contribution in [2.24, 2.45) is 0 Å². The zero-order chi connectivity index (χ0) is 22.3. The zero-order valence-electron chi connectivity index (χ0n) is 20.2. The van der Waals surface area contributed by atoms with Crippen molar-refractivity contribution in [1.29, 1.82) is 0 Å². The molecule has 0 aromatic heterocycles. The van der Waals surface area contributed by atoms with E-state index in [0.717, 1.165) is 11.0 Å². The molecule has 1 fully saturated rings.